The van der Waals surface area contributed by atoms with Crippen molar-refractivity contribution in [2.45, 2.75) is 13.5 Å². The lowest BCUT2D eigenvalue weighted by Gasteiger charge is -2.07. The fourth-order valence-corrected chi connectivity index (χ4v) is 2.85. The van der Waals surface area contributed by atoms with Gasteiger partial charge in [-0.15, -0.1) is 0 Å². The summed E-state index contributed by atoms with van der Waals surface area (Å²) in [6, 6.07) is 15.1. The van der Waals surface area contributed by atoms with E-state index in [1.54, 1.807) is 19.2 Å². The van der Waals surface area contributed by atoms with Gasteiger partial charge in [-0.05, 0) is 54.4 Å². The predicted molar refractivity (Wildman–Crippen MR) is 93.2 cm³/mol. The van der Waals surface area contributed by atoms with E-state index in [9.17, 15) is 4.39 Å². The van der Waals surface area contributed by atoms with Gasteiger partial charge in [0, 0.05) is 24.2 Å². The minimum atomic E-state index is -0.189. The number of halogens is 1. The molecule has 0 saturated heterocycles. The van der Waals surface area contributed by atoms with Gasteiger partial charge in [-0.25, -0.2) is 4.39 Å². The minimum Gasteiger partial charge on any atom is -0.340 e. The molecule has 4 aromatic rings. The van der Waals surface area contributed by atoms with Crippen LogP contribution in [0.15, 0.2) is 67.1 Å². The monoisotopic (exact) mass is 317 g/mol. The van der Waals surface area contributed by atoms with Gasteiger partial charge in [0.25, 0.3) is 0 Å². The largest absolute Gasteiger partial charge is 0.340 e. The highest BCUT2D eigenvalue weighted by molar-refractivity contribution is 5.81. The molecule has 0 aliphatic carbocycles. The molecule has 0 fully saturated rings. The Morgan fingerprint density at radius 1 is 1.00 bits per heavy atom. The third-order valence-electron chi connectivity index (χ3n) is 4.17. The van der Waals surface area contributed by atoms with E-state index in [2.05, 4.69) is 20.6 Å². The summed E-state index contributed by atoms with van der Waals surface area (Å²) >= 11 is 0. The minimum absolute atomic E-state index is 0.189. The van der Waals surface area contributed by atoms with E-state index in [1.807, 2.05) is 42.7 Å². The van der Waals surface area contributed by atoms with E-state index in [-0.39, 0.29) is 5.82 Å². The van der Waals surface area contributed by atoms with Gasteiger partial charge < -0.3 is 4.57 Å². The Kier molecular flexibility index (Phi) is 3.58. The van der Waals surface area contributed by atoms with Crippen molar-refractivity contribution in [3.63, 3.8) is 0 Å². The maximum atomic E-state index is 13.5. The number of nitrogens with zero attached hydrogens (tertiary/aromatic N) is 3. The van der Waals surface area contributed by atoms with Crippen LogP contribution in [0, 0.1) is 12.7 Å². The summed E-state index contributed by atoms with van der Waals surface area (Å²) in [5, 5.41) is 0. The van der Waals surface area contributed by atoms with Gasteiger partial charge in [-0.2, -0.15) is 0 Å². The maximum Gasteiger partial charge on any atom is 0.126 e. The van der Waals surface area contributed by atoms with Crippen LogP contribution >= 0.6 is 0 Å². The van der Waals surface area contributed by atoms with Gasteiger partial charge in [0.2, 0.25) is 0 Å². The summed E-state index contributed by atoms with van der Waals surface area (Å²) in [6.45, 7) is 2.46. The van der Waals surface area contributed by atoms with E-state index < -0.39 is 0 Å². The molecule has 3 aromatic heterocycles. The molecule has 0 N–H and O–H groups in total. The molecule has 24 heavy (non-hydrogen) atoms. The zero-order chi connectivity index (χ0) is 16.5. The predicted octanol–water partition coefficient (Wildman–Crippen LogP) is 4.59. The van der Waals surface area contributed by atoms with Crippen LogP contribution in [-0.4, -0.2) is 14.5 Å². The summed E-state index contributed by atoms with van der Waals surface area (Å²) in [7, 11) is 0. The highest BCUT2D eigenvalue weighted by atomic mass is 19.1. The molecule has 0 spiro atoms. The second kappa shape index (κ2) is 5.89. The number of aryl methyl sites for hydroxylation is 1. The summed E-state index contributed by atoms with van der Waals surface area (Å²) in [6.07, 6.45) is 5.65. The Balaban J connectivity index is 1.76. The fourth-order valence-electron chi connectivity index (χ4n) is 2.85. The van der Waals surface area contributed by atoms with Crippen molar-refractivity contribution >= 4 is 11.0 Å². The standard InChI is InChI=1S/C20H16FN3/c1-14-10-15(5-6-18(14)21)16-11-20-19(23-12-16)7-9-24(20)13-17-4-2-3-8-22-17/h2-12H,13H2,1H3. The highest BCUT2D eigenvalue weighted by Crippen LogP contribution is 2.25. The van der Waals surface area contributed by atoms with Crippen LogP contribution in [-0.2, 0) is 6.54 Å². The van der Waals surface area contributed by atoms with Gasteiger partial charge in [0.15, 0.2) is 0 Å². The van der Waals surface area contributed by atoms with Crippen LogP contribution < -0.4 is 0 Å². The number of hydrogen-bond donors (Lipinski definition) is 0. The molecular weight excluding hydrogens is 301 g/mol. The Morgan fingerprint density at radius 2 is 1.92 bits per heavy atom. The van der Waals surface area contributed by atoms with E-state index in [4.69, 9.17) is 0 Å². The first kappa shape index (κ1) is 14.6. The van der Waals surface area contributed by atoms with Crippen LogP contribution in [0.3, 0.4) is 0 Å². The van der Waals surface area contributed by atoms with Gasteiger partial charge >= 0.3 is 0 Å². The molecule has 3 nitrogen and oxygen atoms in total. The molecule has 0 amide bonds. The van der Waals surface area contributed by atoms with Gasteiger partial charge in [-0.1, -0.05) is 12.1 Å². The second-order valence-corrected chi connectivity index (χ2v) is 5.86. The molecule has 118 valence electrons. The third kappa shape index (κ3) is 2.67. The maximum absolute atomic E-state index is 13.5. The number of fused-ring (bicyclic) bond motifs is 1. The lowest BCUT2D eigenvalue weighted by molar-refractivity contribution is 0.619. The van der Waals surface area contributed by atoms with Crippen molar-refractivity contribution in [2.75, 3.05) is 0 Å². The van der Waals surface area contributed by atoms with Crippen molar-refractivity contribution in [3.05, 3.63) is 84.2 Å². The van der Waals surface area contributed by atoms with Crippen LogP contribution in [0.1, 0.15) is 11.3 Å². The van der Waals surface area contributed by atoms with Crippen molar-refractivity contribution in [3.8, 4) is 11.1 Å². The number of benzene rings is 1. The van der Waals surface area contributed by atoms with E-state index >= 15 is 0 Å². The first-order valence-corrected chi connectivity index (χ1v) is 7.82. The molecule has 0 radical (unpaired) electrons. The second-order valence-electron chi connectivity index (χ2n) is 5.86. The normalized spacial score (nSPS) is 11.1. The van der Waals surface area contributed by atoms with Crippen molar-refractivity contribution in [1.82, 2.24) is 14.5 Å². The zero-order valence-corrected chi connectivity index (χ0v) is 13.3. The molecule has 0 aliphatic heterocycles. The Hall–Kier alpha value is -3.01. The average Bonchev–Trinajstić information content (AvgIpc) is 3.00. The first-order chi connectivity index (χ1) is 11.7. The molecule has 0 aliphatic rings. The van der Waals surface area contributed by atoms with Gasteiger partial charge in [0.05, 0.1) is 23.3 Å². The quantitative estimate of drug-likeness (QED) is 0.553. The number of pyridine rings is 2. The summed E-state index contributed by atoms with van der Waals surface area (Å²) in [5.74, 6) is -0.189. The molecular formula is C20H16FN3. The molecule has 0 atom stereocenters. The summed E-state index contributed by atoms with van der Waals surface area (Å²) in [4.78, 5) is 8.92. The van der Waals surface area contributed by atoms with E-state index in [1.165, 1.54) is 6.07 Å². The van der Waals surface area contributed by atoms with Gasteiger partial charge in [-0.3, -0.25) is 9.97 Å². The van der Waals surface area contributed by atoms with Crippen molar-refractivity contribution < 1.29 is 4.39 Å². The topological polar surface area (TPSA) is 30.7 Å². The summed E-state index contributed by atoms with van der Waals surface area (Å²) in [5.41, 5.74) is 5.56. The lowest BCUT2D eigenvalue weighted by Crippen LogP contribution is -2.00. The molecule has 0 bridgehead atoms. The van der Waals surface area contributed by atoms with Crippen LogP contribution in [0.5, 0.6) is 0 Å². The molecule has 3 heterocycles. The Labute approximate surface area is 139 Å². The van der Waals surface area contributed by atoms with Crippen LogP contribution in [0.4, 0.5) is 4.39 Å². The number of aromatic nitrogens is 3. The SMILES string of the molecule is Cc1cc(-c2cnc3ccn(Cc4ccccn4)c3c2)ccc1F. The Bertz CT molecular complexity index is 1010. The first-order valence-electron chi connectivity index (χ1n) is 7.82. The lowest BCUT2D eigenvalue weighted by atomic mass is 10.0. The van der Waals surface area contributed by atoms with Crippen molar-refractivity contribution in [2.24, 2.45) is 0 Å². The smallest absolute Gasteiger partial charge is 0.126 e. The molecule has 0 saturated carbocycles. The van der Waals surface area contributed by atoms with Gasteiger partial charge in [0.1, 0.15) is 5.82 Å². The van der Waals surface area contributed by atoms with Crippen molar-refractivity contribution in [1.29, 1.82) is 0 Å². The van der Waals surface area contributed by atoms with E-state index in [0.29, 0.717) is 12.1 Å². The number of hydrogen-bond acceptors (Lipinski definition) is 2. The Morgan fingerprint density at radius 3 is 2.71 bits per heavy atom. The molecule has 0 unspecified atom stereocenters. The summed E-state index contributed by atoms with van der Waals surface area (Å²) < 4.78 is 15.6. The van der Waals surface area contributed by atoms with Crippen LogP contribution in [0.2, 0.25) is 0 Å². The molecule has 4 heteroatoms. The third-order valence-corrected chi connectivity index (χ3v) is 4.17. The molecule has 4 rings (SSSR count). The highest BCUT2D eigenvalue weighted by Gasteiger charge is 2.07. The molecule has 1 aromatic carbocycles. The zero-order valence-electron chi connectivity index (χ0n) is 13.3. The fraction of sp³-hybridized carbons (Fsp3) is 0.100. The average molecular weight is 317 g/mol. The van der Waals surface area contributed by atoms with E-state index in [0.717, 1.165) is 27.9 Å². The number of rotatable bonds is 3. The van der Waals surface area contributed by atoms with Crippen LogP contribution in [0.25, 0.3) is 22.2 Å².